The van der Waals surface area contributed by atoms with Crippen LogP contribution in [0.5, 0.6) is 0 Å². The summed E-state index contributed by atoms with van der Waals surface area (Å²) in [5.41, 5.74) is 0. The van der Waals surface area contributed by atoms with Crippen molar-refractivity contribution in [3.05, 3.63) is 60.8 Å². The molecule has 0 saturated carbocycles. The summed E-state index contributed by atoms with van der Waals surface area (Å²) in [5, 5.41) is 43.8. The highest BCUT2D eigenvalue weighted by Gasteiger charge is 2.28. The minimum Gasteiger partial charge on any atom is -0.394 e. The van der Waals surface area contributed by atoms with Gasteiger partial charge in [-0.3, -0.25) is 4.79 Å². The minimum atomic E-state index is -1.30. The quantitative estimate of drug-likeness (QED) is 0.0309. The molecule has 0 aliphatic rings. The Labute approximate surface area is 378 Å². The molecule has 6 heteroatoms. The van der Waals surface area contributed by atoms with Gasteiger partial charge in [-0.05, 0) is 96.3 Å². The molecule has 0 bridgehead atoms. The van der Waals surface area contributed by atoms with Gasteiger partial charge in [0.05, 0.1) is 18.8 Å². The maximum atomic E-state index is 12.6. The molecule has 5 N–H and O–H groups in total. The Bertz CT molecular complexity index is 1050. The molecule has 0 radical (unpaired) electrons. The maximum Gasteiger partial charge on any atom is 0.249 e. The first kappa shape index (κ1) is 59.0. The summed E-state index contributed by atoms with van der Waals surface area (Å²) in [5.74, 6) is -0.608. The van der Waals surface area contributed by atoms with Crippen LogP contribution in [-0.2, 0) is 4.79 Å². The largest absolute Gasteiger partial charge is 0.394 e. The van der Waals surface area contributed by atoms with E-state index in [-0.39, 0.29) is 0 Å². The van der Waals surface area contributed by atoms with E-state index in [1.807, 2.05) is 0 Å². The van der Waals surface area contributed by atoms with Gasteiger partial charge in [-0.2, -0.15) is 0 Å². The summed E-state index contributed by atoms with van der Waals surface area (Å²) in [6.45, 7) is 4.04. The van der Waals surface area contributed by atoms with Crippen LogP contribution >= 0.6 is 0 Å². The molecule has 6 nitrogen and oxygen atoms in total. The summed E-state index contributed by atoms with van der Waals surface area (Å²) in [6.07, 6.45) is 62.7. The Morgan fingerprint density at radius 3 is 1.13 bits per heavy atom. The van der Waals surface area contributed by atoms with Crippen molar-refractivity contribution >= 4 is 5.91 Å². The molecule has 0 rings (SSSR count). The molecule has 0 aromatic carbocycles. The van der Waals surface area contributed by atoms with Crippen molar-refractivity contribution < 1.29 is 25.2 Å². The fourth-order valence-electron chi connectivity index (χ4n) is 7.76. The van der Waals surface area contributed by atoms with Crippen LogP contribution in [0.3, 0.4) is 0 Å². The van der Waals surface area contributed by atoms with Crippen LogP contribution in [0.4, 0.5) is 0 Å². The number of aliphatic hydroxyl groups excluding tert-OH is 4. The lowest BCUT2D eigenvalue weighted by Gasteiger charge is -2.27. The standard InChI is InChI=1S/C55H101NO5/c1-3-5-7-9-11-13-15-17-19-21-23-25-27-29-30-32-34-36-38-40-42-44-46-48-52(58)54(60)51(50-57)56-55(61)53(59)49-47-45-43-41-39-37-35-33-31-28-26-24-22-20-18-16-14-12-10-8-6-4-2/h24-27,31-34,40,42,51-54,57-60H,3-23,28-30,35-39,41,43-50H2,1-2H3,(H,56,61)/b26-24-,27-25+,33-31-,34-32+,42-40+. The van der Waals surface area contributed by atoms with Crippen molar-refractivity contribution in [2.24, 2.45) is 0 Å². The van der Waals surface area contributed by atoms with Crippen molar-refractivity contribution in [2.45, 2.75) is 276 Å². The minimum absolute atomic E-state index is 0.344. The number of nitrogens with one attached hydrogen (secondary N) is 1. The monoisotopic (exact) mass is 856 g/mol. The second kappa shape index (κ2) is 49.0. The van der Waals surface area contributed by atoms with Gasteiger partial charge in [-0.1, -0.05) is 216 Å². The zero-order chi connectivity index (χ0) is 44.5. The highest BCUT2D eigenvalue weighted by atomic mass is 16.3. The topological polar surface area (TPSA) is 110 Å². The van der Waals surface area contributed by atoms with Crippen molar-refractivity contribution in [1.82, 2.24) is 5.32 Å². The third kappa shape index (κ3) is 43.1. The van der Waals surface area contributed by atoms with E-state index in [2.05, 4.69) is 79.9 Å². The summed E-state index contributed by atoms with van der Waals surface area (Å²) < 4.78 is 0. The normalized spacial score (nSPS) is 14.4. The van der Waals surface area contributed by atoms with Gasteiger partial charge >= 0.3 is 0 Å². The molecule has 1 amide bonds. The number of unbranched alkanes of at least 4 members (excludes halogenated alkanes) is 28. The van der Waals surface area contributed by atoms with Gasteiger partial charge in [-0.25, -0.2) is 0 Å². The lowest BCUT2D eigenvalue weighted by Crippen LogP contribution is -2.53. The first-order valence-electron chi connectivity index (χ1n) is 26.2. The molecule has 356 valence electrons. The second-order valence-electron chi connectivity index (χ2n) is 17.8. The fraction of sp³-hybridized carbons (Fsp3) is 0.800. The Morgan fingerprint density at radius 2 is 0.738 bits per heavy atom. The summed E-state index contributed by atoms with van der Waals surface area (Å²) in [4.78, 5) is 12.6. The van der Waals surface area contributed by atoms with E-state index in [4.69, 9.17) is 0 Å². The molecule has 0 spiro atoms. The first-order valence-corrected chi connectivity index (χ1v) is 26.2. The Balaban J connectivity index is 3.79. The molecule has 4 atom stereocenters. The van der Waals surface area contributed by atoms with E-state index in [1.165, 1.54) is 148 Å². The zero-order valence-electron chi connectivity index (χ0n) is 40.2. The zero-order valence-corrected chi connectivity index (χ0v) is 40.2. The van der Waals surface area contributed by atoms with Gasteiger partial charge < -0.3 is 25.7 Å². The lowest BCUT2D eigenvalue weighted by molar-refractivity contribution is -0.132. The van der Waals surface area contributed by atoms with Gasteiger partial charge in [0.25, 0.3) is 0 Å². The summed E-state index contributed by atoms with van der Waals surface area (Å²) >= 11 is 0. The molecular weight excluding hydrogens is 755 g/mol. The molecular formula is C55H101NO5. The number of hydrogen-bond acceptors (Lipinski definition) is 5. The van der Waals surface area contributed by atoms with Crippen LogP contribution in [-0.4, -0.2) is 57.3 Å². The number of carbonyl (C=O) groups is 1. The van der Waals surface area contributed by atoms with Crippen LogP contribution < -0.4 is 5.32 Å². The first-order chi connectivity index (χ1) is 30.0. The van der Waals surface area contributed by atoms with Crippen molar-refractivity contribution in [2.75, 3.05) is 6.61 Å². The molecule has 61 heavy (non-hydrogen) atoms. The van der Waals surface area contributed by atoms with E-state index in [0.29, 0.717) is 19.3 Å². The average Bonchev–Trinajstić information content (AvgIpc) is 3.26. The predicted octanol–water partition coefficient (Wildman–Crippen LogP) is 14.8. The average molecular weight is 856 g/mol. The van der Waals surface area contributed by atoms with Crippen LogP contribution in [0.25, 0.3) is 0 Å². The van der Waals surface area contributed by atoms with E-state index in [9.17, 15) is 25.2 Å². The molecule has 0 saturated heterocycles. The molecule has 0 aromatic rings. The number of amides is 1. The highest BCUT2D eigenvalue weighted by Crippen LogP contribution is 2.15. The van der Waals surface area contributed by atoms with Crippen molar-refractivity contribution in [3.8, 4) is 0 Å². The van der Waals surface area contributed by atoms with E-state index < -0.39 is 36.9 Å². The van der Waals surface area contributed by atoms with Crippen LogP contribution in [0.15, 0.2) is 60.8 Å². The molecule has 0 heterocycles. The van der Waals surface area contributed by atoms with Gasteiger partial charge in [-0.15, -0.1) is 0 Å². The molecule has 0 aromatic heterocycles. The van der Waals surface area contributed by atoms with Crippen molar-refractivity contribution in [3.63, 3.8) is 0 Å². The fourth-order valence-corrected chi connectivity index (χ4v) is 7.76. The van der Waals surface area contributed by atoms with E-state index >= 15 is 0 Å². The number of rotatable bonds is 47. The summed E-state index contributed by atoms with van der Waals surface area (Å²) in [7, 11) is 0. The molecule has 0 aliphatic heterocycles. The molecule has 4 unspecified atom stereocenters. The lowest BCUT2D eigenvalue weighted by atomic mass is 10.00. The Hall–Kier alpha value is -1.99. The van der Waals surface area contributed by atoms with Crippen LogP contribution in [0.1, 0.15) is 251 Å². The maximum absolute atomic E-state index is 12.6. The number of carbonyl (C=O) groups excluding carboxylic acids is 1. The van der Waals surface area contributed by atoms with Gasteiger partial charge in [0, 0.05) is 0 Å². The smallest absolute Gasteiger partial charge is 0.249 e. The van der Waals surface area contributed by atoms with Gasteiger partial charge in [0.15, 0.2) is 0 Å². The molecule has 0 fully saturated rings. The van der Waals surface area contributed by atoms with Crippen LogP contribution in [0, 0.1) is 0 Å². The predicted molar refractivity (Wildman–Crippen MR) is 265 cm³/mol. The SMILES string of the molecule is CCCCCCCCCCC/C=C\C/C=C\CCCCCCCCC(O)C(=O)NC(CO)C(O)C(O)CCC/C=C/CC/C=C/CC/C=C/CCCCCCCCCCCC. The van der Waals surface area contributed by atoms with E-state index in [0.717, 1.165) is 70.6 Å². The Morgan fingerprint density at radius 1 is 0.410 bits per heavy atom. The van der Waals surface area contributed by atoms with Gasteiger partial charge in [0.1, 0.15) is 12.2 Å². The van der Waals surface area contributed by atoms with Crippen LogP contribution in [0.2, 0.25) is 0 Å². The second-order valence-corrected chi connectivity index (χ2v) is 17.8. The third-order valence-electron chi connectivity index (χ3n) is 11.9. The number of aliphatic hydroxyl groups is 4. The number of allylic oxidation sites excluding steroid dienone is 10. The summed E-state index contributed by atoms with van der Waals surface area (Å²) in [6, 6.07) is -1.02. The Kier molecular flexibility index (Phi) is 47.4. The van der Waals surface area contributed by atoms with Crippen molar-refractivity contribution in [1.29, 1.82) is 0 Å². The number of hydrogen-bond donors (Lipinski definition) is 5. The van der Waals surface area contributed by atoms with Gasteiger partial charge in [0.2, 0.25) is 5.91 Å². The third-order valence-corrected chi connectivity index (χ3v) is 11.9. The molecule has 0 aliphatic carbocycles. The highest BCUT2D eigenvalue weighted by molar-refractivity contribution is 5.80. The van der Waals surface area contributed by atoms with E-state index in [1.54, 1.807) is 0 Å².